The Labute approximate surface area is 160 Å². The van der Waals surface area contributed by atoms with Crippen molar-refractivity contribution < 1.29 is 19.0 Å². The highest BCUT2D eigenvalue weighted by Crippen LogP contribution is 2.23. The number of ether oxygens (including phenoxy) is 3. The van der Waals surface area contributed by atoms with Crippen molar-refractivity contribution in [3.05, 3.63) is 11.9 Å². The number of carbonyl (C=O) groups is 1. The quantitative estimate of drug-likeness (QED) is 0.810. The van der Waals surface area contributed by atoms with Crippen molar-refractivity contribution in [2.75, 3.05) is 13.2 Å². The van der Waals surface area contributed by atoms with Gasteiger partial charge in [-0.05, 0) is 47.0 Å². The van der Waals surface area contributed by atoms with Gasteiger partial charge in [0.2, 0.25) is 0 Å². The summed E-state index contributed by atoms with van der Waals surface area (Å²) in [6, 6.07) is 0. The summed E-state index contributed by atoms with van der Waals surface area (Å²) < 4.78 is 18.6. The first-order valence-corrected chi connectivity index (χ1v) is 9.25. The molecule has 1 saturated heterocycles. The molecule has 0 spiro atoms. The Kier molecular flexibility index (Phi) is 6.50. The van der Waals surface area contributed by atoms with Crippen LogP contribution in [0.3, 0.4) is 0 Å². The van der Waals surface area contributed by atoms with Gasteiger partial charge in [-0.15, -0.1) is 5.10 Å². The van der Waals surface area contributed by atoms with E-state index in [2.05, 4.69) is 34.4 Å². The summed E-state index contributed by atoms with van der Waals surface area (Å²) in [5.41, 5.74) is -1.11. The molecule has 8 heteroatoms. The Morgan fingerprint density at radius 3 is 2.63 bits per heavy atom. The summed E-state index contributed by atoms with van der Waals surface area (Å²) in [7, 11) is 0. The number of aromatic nitrogens is 3. The van der Waals surface area contributed by atoms with Crippen molar-refractivity contribution in [1.82, 2.24) is 20.3 Å². The first-order valence-electron chi connectivity index (χ1n) is 9.25. The van der Waals surface area contributed by atoms with Gasteiger partial charge in [-0.1, -0.05) is 24.5 Å². The molecule has 1 aliphatic heterocycles. The molecular weight excluding hydrogens is 348 g/mol. The highest BCUT2D eigenvalue weighted by molar-refractivity contribution is 5.70. The zero-order valence-electron chi connectivity index (χ0n) is 17.1. The number of amides is 1. The number of hydrogen-bond donors (Lipinski definition) is 1. The predicted octanol–water partition coefficient (Wildman–Crippen LogP) is 2.48. The maximum absolute atomic E-state index is 12.3. The number of hydrogen-bond acceptors (Lipinski definition) is 6. The monoisotopic (exact) mass is 378 g/mol. The Morgan fingerprint density at radius 1 is 1.37 bits per heavy atom. The second-order valence-corrected chi connectivity index (χ2v) is 8.16. The molecule has 1 fully saturated rings. The van der Waals surface area contributed by atoms with Gasteiger partial charge < -0.3 is 19.5 Å². The van der Waals surface area contributed by atoms with E-state index in [0.29, 0.717) is 5.69 Å². The van der Waals surface area contributed by atoms with E-state index in [4.69, 9.17) is 14.2 Å². The first-order chi connectivity index (χ1) is 12.5. The number of unbranched alkanes of at least 4 members (excludes halogenated alkanes) is 1. The zero-order chi connectivity index (χ0) is 20.1. The molecule has 8 nitrogen and oxygen atoms in total. The van der Waals surface area contributed by atoms with E-state index in [-0.39, 0.29) is 13.2 Å². The van der Waals surface area contributed by atoms with Crippen LogP contribution in [0.2, 0.25) is 0 Å². The third kappa shape index (κ3) is 6.85. The van der Waals surface area contributed by atoms with E-state index in [1.165, 1.54) is 0 Å². The predicted molar refractivity (Wildman–Crippen MR) is 99.9 cm³/mol. The molecule has 2 heterocycles. The van der Waals surface area contributed by atoms with Gasteiger partial charge in [0.25, 0.3) is 0 Å². The largest absolute Gasteiger partial charge is 0.444 e. The molecule has 27 heavy (non-hydrogen) atoms. The van der Waals surface area contributed by atoms with Gasteiger partial charge in [-0.3, -0.25) is 4.68 Å². The van der Waals surface area contributed by atoms with Gasteiger partial charge >= 0.3 is 6.09 Å². The lowest BCUT2D eigenvalue weighted by Gasteiger charge is -2.40. The Balaban J connectivity index is 2.16. The Hall–Kier alpha value is -2.11. The van der Waals surface area contributed by atoms with Gasteiger partial charge in [-0.25, -0.2) is 4.79 Å². The van der Waals surface area contributed by atoms with Crippen molar-refractivity contribution in [3.63, 3.8) is 0 Å². The zero-order valence-corrected chi connectivity index (χ0v) is 17.1. The Bertz CT molecular complexity index is 699. The molecule has 0 aromatic carbocycles. The summed E-state index contributed by atoms with van der Waals surface area (Å²) >= 11 is 0. The molecule has 0 atom stereocenters. The fraction of sp³-hybridized carbons (Fsp3) is 0.737. The van der Waals surface area contributed by atoms with Crippen molar-refractivity contribution in [2.45, 2.75) is 77.9 Å². The molecule has 1 aromatic rings. The number of nitrogens with one attached hydrogen (secondary N) is 1. The number of rotatable bonds is 4. The van der Waals surface area contributed by atoms with Crippen LogP contribution in [0.4, 0.5) is 4.79 Å². The number of nitrogens with zero attached hydrogens (tertiary/aromatic N) is 3. The first kappa shape index (κ1) is 21.2. The average Bonchev–Trinajstić information content (AvgIpc) is 3.00. The fourth-order valence-corrected chi connectivity index (χ4v) is 2.32. The lowest BCUT2D eigenvalue weighted by Crippen LogP contribution is -2.60. The second-order valence-electron chi connectivity index (χ2n) is 8.16. The molecule has 0 bridgehead atoms. The van der Waals surface area contributed by atoms with E-state index < -0.39 is 23.0 Å². The summed E-state index contributed by atoms with van der Waals surface area (Å²) in [5.74, 6) is 5.29. The molecular formula is C19H30N4O4. The van der Waals surface area contributed by atoms with Gasteiger partial charge in [0.05, 0.1) is 19.4 Å². The van der Waals surface area contributed by atoms with E-state index in [1.54, 1.807) is 31.6 Å². The van der Waals surface area contributed by atoms with Crippen molar-refractivity contribution in [1.29, 1.82) is 0 Å². The Morgan fingerprint density at radius 2 is 2.04 bits per heavy atom. The molecule has 0 saturated carbocycles. The van der Waals surface area contributed by atoms with Crippen LogP contribution in [-0.4, -0.2) is 51.2 Å². The molecule has 1 aromatic heterocycles. The highest BCUT2D eigenvalue weighted by Gasteiger charge is 2.41. The number of alkyl carbamates (subject to hydrolysis) is 1. The van der Waals surface area contributed by atoms with Crippen LogP contribution in [0.5, 0.6) is 0 Å². The smallest absolute Gasteiger partial charge is 0.409 e. The average molecular weight is 378 g/mol. The molecule has 150 valence electrons. The summed E-state index contributed by atoms with van der Waals surface area (Å²) in [5, 5.41) is 10.9. The molecule has 0 radical (unpaired) electrons. The SMILES string of the molecule is CCCCn1cc(C#CC2(NC(=O)OC(C)(C)C)COC(C)(C)OC2)nn1. The molecule has 0 aliphatic carbocycles. The van der Waals surface area contributed by atoms with Crippen molar-refractivity contribution >= 4 is 6.09 Å². The van der Waals surface area contributed by atoms with Gasteiger partial charge in [0.15, 0.2) is 17.0 Å². The normalized spacial score (nSPS) is 18.3. The van der Waals surface area contributed by atoms with Gasteiger partial charge in [0, 0.05) is 6.54 Å². The van der Waals surface area contributed by atoms with Gasteiger partial charge in [-0.2, -0.15) is 0 Å². The number of aryl methyl sites for hydroxylation is 1. The van der Waals surface area contributed by atoms with Crippen LogP contribution in [-0.2, 0) is 20.8 Å². The van der Waals surface area contributed by atoms with E-state index >= 15 is 0 Å². The third-order valence-corrected chi connectivity index (χ3v) is 3.78. The maximum atomic E-state index is 12.3. The van der Waals surface area contributed by atoms with Crippen LogP contribution in [0.15, 0.2) is 6.20 Å². The van der Waals surface area contributed by atoms with E-state index in [9.17, 15) is 4.79 Å². The van der Waals surface area contributed by atoms with Crippen LogP contribution >= 0.6 is 0 Å². The summed E-state index contributed by atoms with van der Waals surface area (Å²) in [4.78, 5) is 12.3. The minimum Gasteiger partial charge on any atom is -0.444 e. The highest BCUT2D eigenvalue weighted by atomic mass is 16.7. The lowest BCUT2D eigenvalue weighted by molar-refractivity contribution is -0.262. The topological polar surface area (TPSA) is 87.5 Å². The van der Waals surface area contributed by atoms with Crippen LogP contribution in [0.25, 0.3) is 0 Å². The van der Waals surface area contributed by atoms with E-state index in [1.807, 2.05) is 13.8 Å². The second kappa shape index (κ2) is 8.28. The lowest BCUT2D eigenvalue weighted by atomic mass is 10.0. The van der Waals surface area contributed by atoms with Crippen LogP contribution in [0.1, 0.15) is 60.1 Å². The summed E-state index contributed by atoms with van der Waals surface area (Å²) in [6.45, 7) is 12.3. The summed E-state index contributed by atoms with van der Waals surface area (Å²) in [6.07, 6.45) is 3.32. The molecule has 1 amide bonds. The van der Waals surface area contributed by atoms with Crippen LogP contribution in [0, 0.1) is 11.8 Å². The molecule has 2 rings (SSSR count). The number of carbonyl (C=O) groups excluding carboxylic acids is 1. The van der Waals surface area contributed by atoms with Crippen molar-refractivity contribution in [2.24, 2.45) is 0 Å². The minimum absolute atomic E-state index is 0.177. The molecule has 1 aliphatic rings. The maximum Gasteiger partial charge on any atom is 0.409 e. The minimum atomic E-state index is -1.02. The van der Waals surface area contributed by atoms with Crippen LogP contribution < -0.4 is 5.32 Å². The standard InChI is InChI=1S/C19H30N4O4/c1-7-8-11-23-12-15(21-22-23)9-10-19(13-25-18(5,6)26-14-19)20-16(24)27-17(2,3)4/h12H,7-8,11,13-14H2,1-6H3,(H,20,24). The fourth-order valence-electron chi connectivity index (χ4n) is 2.32. The van der Waals surface area contributed by atoms with Crippen molar-refractivity contribution in [3.8, 4) is 11.8 Å². The van der Waals surface area contributed by atoms with Gasteiger partial charge in [0.1, 0.15) is 5.60 Å². The molecule has 0 unspecified atom stereocenters. The van der Waals surface area contributed by atoms with E-state index in [0.717, 1.165) is 19.4 Å². The molecule has 1 N–H and O–H groups in total. The third-order valence-electron chi connectivity index (χ3n) is 3.78.